The molecule has 0 bridgehead atoms. The highest BCUT2D eigenvalue weighted by atomic mass is 19.1. The normalized spacial score (nSPS) is 15.6. The number of hydrogen-bond donors (Lipinski definition) is 0. The summed E-state index contributed by atoms with van der Waals surface area (Å²) >= 11 is 0. The summed E-state index contributed by atoms with van der Waals surface area (Å²) in [5.41, 5.74) is 2.71. The Morgan fingerprint density at radius 2 is 1.48 bits per heavy atom. The van der Waals surface area contributed by atoms with E-state index in [9.17, 15) is 18.4 Å². The minimum absolute atomic E-state index is 0.235. The molecular weight excluding hydrogens is 514 g/mol. The van der Waals surface area contributed by atoms with Crippen LogP contribution in [0.3, 0.4) is 0 Å². The van der Waals surface area contributed by atoms with Crippen LogP contribution >= 0.6 is 0 Å². The zero-order valence-electron chi connectivity index (χ0n) is 22.5. The third-order valence-corrected chi connectivity index (χ3v) is 7.39. The standard InChI is InChI=1S/C31H32F2N4O3/c1-3-40-30(38)29(23-7-5-4-6-8-23)35-15-13-34(14-16-35)27-9-11-28(12-10-27)37-18-17-36(31(37)39)22(2)24-19-25(32)21-26(33)20-24/h4-12,17-22,29H,3,13-16H2,1-2H3. The van der Waals surface area contributed by atoms with Gasteiger partial charge in [-0.2, -0.15) is 0 Å². The molecule has 40 heavy (non-hydrogen) atoms. The lowest BCUT2D eigenvalue weighted by Gasteiger charge is -2.39. The maximum Gasteiger partial charge on any atom is 0.333 e. The van der Waals surface area contributed by atoms with Crippen LogP contribution in [0.5, 0.6) is 0 Å². The Morgan fingerprint density at radius 3 is 2.10 bits per heavy atom. The maximum atomic E-state index is 13.7. The third kappa shape index (κ3) is 5.70. The third-order valence-electron chi connectivity index (χ3n) is 7.39. The lowest BCUT2D eigenvalue weighted by atomic mass is 10.0. The van der Waals surface area contributed by atoms with Gasteiger partial charge in [-0.1, -0.05) is 30.3 Å². The average Bonchev–Trinajstić information content (AvgIpc) is 3.34. The Hall–Kier alpha value is -4.24. The Bertz CT molecular complexity index is 1490. The molecule has 208 valence electrons. The van der Waals surface area contributed by atoms with E-state index in [1.807, 2.05) is 61.5 Å². The number of nitrogens with zero attached hydrogens (tertiary/aromatic N) is 4. The fraction of sp³-hybridized carbons (Fsp3) is 0.290. The largest absolute Gasteiger partial charge is 0.465 e. The SMILES string of the molecule is CCOC(=O)C(c1ccccc1)N1CCN(c2ccc(-n3ccn(C(C)c4cc(F)cc(F)c4)c3=O)cc2)CC1. The van der Waals surface area contributed by atoms with Gasteiger partial charge in [0, 0.05) is 50.3 Å². The molecule has 3 aromatic carbocycles. The number of piperazine rings is 1. The Kier molecular flexibility index (Phi) is 8.11. The molecule has 1 aliphatic heterocycles. The monoisotopic (exact) mass is 546 g/mol. The molecule has 1 fully saturated rings. The number of ether oxygens (including phenoxy) is 1. The van der Waals surface area contributed by atoms with E-state index in [1.54, 1.807) is 19.3 Å². The number of halogens is 2. The molecule has 5 rings (SSSR count). The molecule has 0 spiro atoms. The summed E-state index contributed by atoms with van der Waals surface area (Å²) in [7, 11) is 0. The molecule has 2 unspecified atom stereocenters. The molecule has 7 nitrogen and oxygen atoms in total. The second-order valence-corrected chi connectivity index (χ2v) is 9.84. The Labute approximate surface area is 231 Å². The van der Waals surface area contributed by atoms with Gasteiger partial charge in [-0.3, -0.25) is 14.0 Å². The van der Waals surface area contributed by atoms with Crippen molar-refractivity contribution in [2.24, 2.45) is 0 Å². The first-order valence-electron chi connectivity index (χ1n) is 13.4. The van der Waals surface area contributed by atoms with Crippen LogP contribution < -0.4 is 10.6 Å². The van der Waals surface area contributed by atoms with Crippen molar-refractivity contribution in [1.29, 1.82) is 0 Å². The highest BCUT2D eigenvalue weighted by Crippen LogP contribution is 2.26. The van der Waals surface area contributed by atoms with Crippen LogP contribution in [-0.4, -0.2) is 52.8 Å². The van der Waals surface area contributed by atoms with E-state index in [0.717, 1.165) is 30.4 Å². The summed E-state index contributed by atoms with van der Waals surface area (Å²) in [5.74, 6) is -1.59. The maximum absolute atomic E-state index is 13.7. The number of carbonyl (C=O) groups excluding carboxylic acids is 1. The first kappa shape index (κ1) is 27.3. The summed E-state index contributed by atoms with van der Waals surface area (Å²) < 4.78 is 35.8. The van der Waals surface area contributed by atoms with E-state index < -0.39 is 23.7 Å². The zero-order valence-corrected chi connectivity index (χ0v) is 22.5. The number of rotatable bonds is 8. The molecule has 0 N–H and O–H groups in total. The predicted molar refractivity (Wildman–Crippen MR) is 150 cm³/mol. The van der Waals surface area contributed by atoms with E-state index in [1.165, 1.54) is 21.3 Å². The second kappa shape index (κ2) is 11.9. The minimum Gasteiger partial charge on any atom is -0.465 e. The Balaban J connectivity index is 1.27. The van der Waals surface area contributed by atoms with Gasteiger partial charge in [-0.25, -0.2) is 18.4 Å². The van der Waals surface area contributed by atoms with Gasteiger partial charge in [0.1, 0.15) is 17.7 Å². The molecule has 1 aromatic heterocycles. The molecule has 4 aromatic rings. The van der Waals surface area contributed by atoms with Crippen LogP contribution in [0.25, 0.3) is 5.69 Å². The summed E-state index contributed by atoms with van der Waals surface area (Å²) in [5, 5.41) is 0. The van der Waals surface area contributed by atoms with Gasteiger partial charge in [0.15, 0.2) is 0 Å². The number of imidazole rings is 1. The van der Waals surface area contributed by atoms with Crippen molar-refractivity contribution in [2.75, 3.05) is 37.7 Å². The Morgan fingerprint density at radius 1 is 0.850 bits per heavy atom. The minimum atomic E-state index is -0.678. The lowest BCUT2D eigenvalue weighted by molar-refractivity contribution is -0.150. The van der Waals surface area contributed by atoms with Crippen molar-refractivity contribution in [3.8, 4) is 5.69 Å². The van der Waals surface area contributed by atoms with Gasteiger partial charge in [-0.05, 0) is 61.4 Å². The zero-order chi connectivity index (χ0) is 28.2. The molecule has 1 aliphatic rings. The highest BCUT2D eigenvalue weighted by Gasteiger charge is 2.31. The molecule has 9 heteroatoms. The van der Waals surface area contributed by atoms with Crippen LogP contribution in [0.2, 0.25) is 0 Å². The van der Waals surface area contributed by atoms with E-state index in [4.69, 9.17) is 4.74 Å². The summed E-state index contributed by atoms with van der Waals surface area (Å²) in [6.45, 7) is 6.75. The van der Waals surface area contributed by atoms with Crippen molar-refractivity contribution in [3.63, 3.8) is 0 Å². The molecule has 0 amide bonds. The number of aromatic nitrogens is 2. The number of anilines is 1. The van der Waals surface area contributed by atoms with Crippen LogP contribution in [0.4, 0.5) is 14.5 Å². The topological polar surface area (TPSA) is 59.7 Å². The van der Waals surface area contributed by atoms with Crippen LogP contribution in [-0.2, 0) is 9.53 Å². The molecule has 0 aliphatic carbocycles. The van der Waals surface area contributed by atoms with Gasteiger partial charge in [0.2, 0.25) is 0 Å². The summed E-state index contributed by atoms with van der Waals surface area (Å²) in [6.07, 6.45) is 3.27. The molecule has 2 atom stereocenters. The fourth-order valence-corrected chi connectivity index (χ4v) is 5.27. The number of carbonyl (C=O) groups is 1. The summed E-state index contributed by atoms with van der Waals surface area (Å²) in [6, 6.07) is 19.7. The van der Waals surface area contributed by atoms with Crippen molar-refractivity contribution in [1.82, 2.24) is 14.0 Å². The van der Waals surface area contributed by atoms with Gasteiger partial charge in [0.05, 0.1) is 18.3 Å². The molecule has 0 saturated carbocycles. The second-order valence-electron chi connectivity index (χ2n) is 9.84. The molecule has 2 heterocycles. The van der Waals surface area contributed by atoms with E-state index in [2.05, 4.69) is 9.80 Å². The summed E-state index contributed by atoms with van der Waals surface area (Å²) in [4.78, 5) is 30.4. The fourth-order valence-electron chi connectivity index (χ4n) is 5.27. The smallest absolute Gasteiger partial charge is 0.333 e. The van der Waals surface area contributed by atoms with Crippen molar-refractivity contribution in [2.45, 2.75) is 25.9 Å². The van der Waals surface area contributed by atoms with Crippen molar-refractivity contribution < 1.29 is 18.3 Å². The van der Waals surface area contributed by atoms with Gasteiger partial charge in [0.25, 0.3) is 0 Å². The number of hydrogen-bond acceptors (Lipinski definition) is 5. The van der Waals surface area contributed by atoms with Crippen LogP contribution in [0, 0.1) is 11.6 Å². The van der Waals surface area contributed by atoms with Gasteiger partial charge < -0.3 is 9.64 Å². The quantitative estimate of drug-likeness (QED) is 0.293. The number of benzene rings is 3. The van der Waals surface area contributed by atoms with E-state index >= 15 is 0 Å². The van der Waals surface area contributed by atoms with E-state index in [0.29, 0.717) is 30.9 Å². The van der Waals surface area contributed by atoms with Gasteiger partial charge in [-0.15, -0.1) is 0 Å². The average molecular weight is 547 g/mol. The van der Waals surface area contributed by atoms with E-state index in [-0.39, 0.29) is 11.7 Å². The molecule has 1 saturated heterocycles. The first-order valence-corrected chi connectivity index (χ1v) is 13.4. The molecular formula is C31H32F2N4O3. The number of esters is 1. The molecule has 0 radical (unpaired) electrons. The van der Waals surface area contributed by atoms with Crippen molar-refractivity contribution >= 4 is 11.7 Å². The van der Waals surface area contributed by atoms with Crippen LogP contribution in [0.1, 0.15) is 37.1 Å². The van der Waals surface area contributed by atoms with Gasteiger partial charge >= 0.3 is 11.7 Å². The van der Waals surface area contributed by atoms with Crippen LogP contribution in [0.15, 0.2) is 90.0 Å². The lowest BCUT2D eigenvalue weighted by Crippen LogP contribution is -2.49. The predicted octanol–water partition coefficient (Wildman–Crippen LogP) is 4.95. The van der Waals surface area contributed by atoms with Crippen molar-refractivity contribution in [3.05, 3.63) is 118 Å². The highest BCUT2D eigenvalue weighted by molar-refractivity contribution is 5.77. The first-order chi connectivity index (χ1) is 19.4.